The quantitative estimate of drug-likeness (QED) is 0.283. The zero-order valence-electron chi connectivity index (χ0n) is 20.9. The molecule has 0 fully saturated rings. The molecule has 0 spiro atoms. The van der Waals surface area contributed by atoms with Gasteiger partial charge >= 0.3 is 5.69 Å². The number of nitrogens with one attached hydrogen (secondary N) is 1. The van der Waals surface area contributed by atoms with Crippen LogP contribution in [-0.2, 0) is 24.1 Å². The summed E-state index contributed by atoms with van der Waals surface area (Å²) in [5.74, 6) is 1.70. The fraction of sp³-hybridized carbons (Fsp3) is 0.222. The number of hydrogen-bond acceptors (Lipinski definition) is 6. The van der Waals surface area contributed by atoms with Crippen molar-refractivity contribution in [3.63, 3.8) is 0 Å². The van der Waals surface area contributed by atoms with E-state index in [0.717, 1.165) is 6.42 Å². The molecule has 0 aliphatic heterocycles. The van der Waals surface area contributed by atoms with E-state index in [4.69, 9.17) is 14.2 Å². The summed E-state index contributed by atoms with van der Waals surface area (Å²) >= 11 is 0. The van der Waals surface area contributed by atoms with Gasteiger partial charge in [0.1, 0.15) is 23.9 Å². The van der Waals surface area contributed by atoms with Crippen LogP contribution in [0.2, 0.25) is 0 Å². The molecule has 37 heavy (non-hydrogen) atoms. The molecule has 10 heteroatoms. The molecule has 0 saturated carbocycles. The van der Waals surface area contributed by atoms with Crippen molar-refractivity contribution in [2.75, 3.05) is 17.9 Å². The second kappa shape index (κ2) is 10.8. The summed E-state index contributed by atoms with van der Waals surface area (Å²) in [6, 6.07) is 16.4. The van der Waals surface area contributed by atoms with Crippen molar-refractivity contribution in [1.82, 2.24) is 9.13 Å². The van der Waals surface area contributed by atoms with Crippen molar-refractivity contribution in [3.8, 4) is 23.0 Å². The van der Waals surface area contributed by atoms with E-state index >= 15 is 0 Å². The standard InChI is InChI=1S/C27H29N3O6S/c1-5-13-34-19-9-7-11-21(15-19)36-26-18-25-24(29(3)27(31)30(25)4)17-23(26)28-37(32,33)22-12-8-10-20(16-22)35-14-6-2/h6-12,15-18,28H,2,5,13-14H2,1,3-4H3. The molecule has 1 heterocycles. The largest absolute Gasteiger partial charge is 0.493 e. The maximum Gasteiger partial charge on any atom is 0.328 e. The van der Waals surface area contributed by atoms with Crippen LogP contribution in [0.4, 0.5) is 5.69 Å². The van der Waals surface area contributed by atoms with E-state index in [9.17, 15) is 13.2 Å². The minimum atomic E-state index is -4.04. The molecule has 0 atom stereocenters. The molecule has 4 rings (SSSR count). The number of nitrogens with zero attached hydrogens (tertiary/aromatic N) is 2. The van der Waals surface area contributed by atoms with E-state index in [2.05, 4.69) is 11.3 Å². The Morgan fingerprint density at radius 3 is 2.27 bits per heavy atom. The maximum atomic E-state index is 13.4. The number of fused-ring (bicyclic) bond motifs is 1. The molecule has 1 aromatic heterocycles. The molecule has 0 saturated heterocycles. The van der Waals surface area contributed by atoms with Crippen LogP contribution >= 0.6 is 0 Å². The van der Waals surface area contributed by atoms with Crippen LogP contribution in [0.5, 0.6) is 23.0 Å². The van der Waals surface area contributed by atoms with Gasteiger partial charge in [-0.3, -0.25) is 13.9 Å². The number of ether oxygens (including phenoxy) is 3. The van der Waals surface area contributed by atoms with Crippen LogP contribution in [0.3, 0.4) is 0 Å². The number of sulfonamides is 1. The highest BCUT2D eigenvalue weighted by Gasteiger charge is 2.21. The fourth-order valence-corrected chi connectivity index (χ4v) is 4.85. The van der Waals surface area contributed by atoms with Crippen LogP contribution in [0.15, 0.2) is 83.0 Å². The van der Waals surface area contributed by atoms with Gasteiger partial charge in [-0.2, -0.15) is 0 Å². The molecule has 0 amide bonds. The first-order valence-corrected chi connectivity index (χ1v) is 13.2. The summed E-state index contributed by atoms with van der Waals surface area (Å²) in [6.45, 7) is 6.42. The van der Waals surface area contributed by atoms with E-state index < -0.39 is 10.0 Å². The van der Waals surface area contributed by atoms with Crippen LogP contribution in [-0.4, -0.2) is 30.8 Å². The number of imidazole rings is 1. The highest BCUT2D eigenvalue weighted by Crippen LogP contribution is 2.36. The summed E-state index contributed by atoms with van der Waals surface area (Å²) in [5, 5.41) is 0. The van der Waals surface area contributed by atoms with Gasteiger partial charge in [-0.15, -0.1) is 0 Å². The first-order valence-electron chi connectivity index (χ1n) is 11.7. The van der Waals surface area contributed by atoms with Gasteiger partial charge in [-0.25, -0.2) is 13.2 Å². The molecule has 194 valence electrons. The van der Waals surface area contributed by atoms with Crippen LogP contribution < -0.4 is 24.6 Å². The average molecular weight is 524 g/mol. The van der Waals surface area contributed by atoms with E-state index in [1.54, 1.807) is 62.6 Å². The van der Waals surface area contributed by atoms with Crippen molar-refractivity contribution in [2.24, 2.45) is 14.1 Å². The van der Waals surface area contributed by atoms with Gasteiger partial charge in [0, 0.05) is 32.3 Å². The van der Waals surface area contributed by atoms with Gasteiger partial charge in [0.25, 0.3) is 10.0 Å². The Hall–Kier alpha value is -4.18. The Bertz CT molecular complexity index is 1600. The lowest BCUT2D eigenvalue weighted by atomic mass is 10.2. The lowest BCUT2D eigenvalue weighted by Crippen LogP contribution is -2.19. The third-order valence-corrected chi connectivity index (χ3v) is 6.97. The SMILES string of the molecule is C=CCOc1cccc(S(=O)(=O)Nc2cc3c(cc2Oc2cccc(OCCC)c2)n(C)c(=O)n3C)c1. The Balaban J connectivity index is 1.77. The van der Waals surface area contributed by atoms with E-state index in [1.807, 2.05) is 13.0 Å². The van der Waals surface area contributed by atoms with Crippen LogP contribution in [0.1, 0.15) is 13.3 Å². The van der Waals surface area contributed by atoms with Gasteiger partial charge in [-0.05, 0) is 36.8 Å². The minimum Gasteiger partial charge on any atom is -0.493 e. The van der Waals surface area contributed by atoms with Crippen molar-refractivity contribution in [2.45, 2.75) is 18.2 Å². The van der Waals surface area contributed by atoms with Crippen molar-refractivity contribution in [3.05, 3.63) is 83.8 Å². The number of aromatic nitrogens is 2. The van der Waals surface area contributed by atoms with Crippen molar-refractivity contribution in [1.29, 1.82) is 0 Å². The molecule has 0 bridgehead atoms. The molecule has 4 aromatic rings. The lowest BCUT2D eigenvalue weighted by molar-refractivity contribution is 0.316. The van der Waals surface area contributed by atoms with Gasteiger partial charge in [0.05, 0.1) is 28.2 Å². The Labute approximate surface area is 215 Å². The van der Waals surface area contributed by atoms with Gasteiger partial charge in [0.2, 0.25) is 0 Å². The Kier molecular flexibility index (Phi) is 7.58. The van der Waals surface area contributed by atoms with Gasteiger partial charge in [0.15, 0.2) is 5.75 Å². The number of anilines is 1. The monoisotopic (exact) mass is 523 g/mol. The second-order valence-corrected chi connectivity index (χ2v) is 10.0. The second-order valence-electron chi connectivity index (χ2n) is 8.34. The molecular weight excluding hydrogens is 494 g/mol. The smallest absolute Gasteiger partial charge is 0.328 e. The van der Waals surface area contributed by atoms with E-state index in [0.29, 0.717) is 34.9 Å². The molecule has 0 radical (unpaired) electrons. The molecular formula is C27H29N3O6S. The summed E-state index contributed by atoms with van der Waals surface area (Å²) in [4.78, 5) is 12.6. The lowest BCUT2D eigenvalue weighted by Gasteiger charge is -2.15. The highest BCUT2D eigenvalue weighted by molar-refractivity contribution is 7.92. The predicted octanol–water partition coefficient (Wildman–Crippen LogP) is 4.82. The molecule has 9 nitrogen and oxygen atoms in total. The van der Waals surface area contributed by atoms with Gasteiger partial charge in [-0.1, -0.05) is 31.7 Å². The highest BCUT2D eigenvalue weighted by atomic mass is 32.2. The molecule has 0 aliphatic carbocycles. The zero-order chi connectivity index (χ0) is 26.6. The number of hydrogen-bond donors (Lipinski definition) is 1. The normalized spacial score (nSPS) is 11.3. The Morgan fingerprint density at radius 2 is 1.57 bits per heavy atom. The van der Waals surface area contributed by atoms with Crippen molar-refractivity contribution >= 4 is 26.7 Å². The summed E-state index contributed by atoms with van der Waals surface area (Å²) in [6.07, 6.45) is 2.43. The summed E-state index contributed by atoms with van der Waals surface area (Å²) in [5.41, 5.74) is 1.05. The van der Waals surface area contributed by atoms with Gasteiger partial charge < -0.3 is 14.2 Å². The third kappa shape index (κ3) is 5.64. The average Bonchev–Trinajstić information content (AvgIpc) is 3.09. The summed E-state index contributed by atoms with van der Waals surface area (Å²) in [7, 11) is -0.767. The molecule has 0 aliphatic rings. The summed E-state index contributed by atoms with van der Waals surface area (Å²) < 4.78 is 49.6. The molecule has 0 unspecified atom stereocenters. The number of rotatable bonds is 11. The zero-order valence-corrected chi connectivity index (χ0v) is 21.7. The topological polar surface area (TPSA) is 101 Å². The first-order chi connectivity index (χ1) is 17.7. The van der Waals surface area contributed by atoms with Crippen LogP contribution in [0, 0.1) is 0 Å². The van der Waals surface area contributed by atoms with E-state index in [-0.39, 0.29) is 28.6 Å². The van der Waals surface area contributed by atoms with Crippen molar-refractivity contribution < 1.29 is 22.6 Å². The number of benzene rings is 3. The number of aryl methyl sites for hydroxylation is 2. The van der Waals surface area contributed by atoms with Crippen LogP contribution in [0.25, 0.3) is 11.0 Å². The molecule has 3 aromatic carbocycles. The Morgan fingerprint density at radius 1 is 0.919 bits per heavy atom. The minimum absolute atomic E-state index is 0.0111. The maximum absolute atomic E-state index is 13.4. The van der Waals surface area contributed by atoms with E-state index in [1.165, 1.54) is 21.3 Å². The fourth-order valence-electron chi connectivity index (χ4n) is 3.75. The predicted molar refractivity (Wildman–Crippen MR) is 143 cm³/mol. The first kappa shape index (κ1) is 25.9. The third-order valence-electron chi connectivity index (χ3n) is 5.61. The molecule has 1 N–H and O–H groups in total.